The number of amides is 1. The Hall–Kier alpha value is -4.10. The van der Waals surface area contributed by atoms with Gasteiger partial charge in [0.1, 0.15) is 5.75 Å². The van der Waals surface area contributed by atoms with E-state index in [1.54, 1.807) is 18.2 Å². The van der Waals surface area contributed by atoms with Crippen LogP contribution in [0.15, 0.2) is 73.1 Å². The second-order valence-electron chi connectivity index (χ2n) is 10.6. The van der Waals surface area contributed by atoms with E-state index >= 15 is 0 Å². The fourth-order valence-electron chi connectivity index (χ4n) is 5.67. The van der Waals surface area contributed by atoms with Crippen molar-refractivity contribution >= 4 is 29.2 Å². The average Bonchev–Trinajstić information content (AvgIpc) is 3.61. The summed E-state index contributed by atoms with van der Waals surface area (Å²) in [7, 11) is 0. The number of carbonyl (C=O) groups excluding carboxylic acids is 1. The molecule has 1 fully saturated rings. The molecule has 40 heavy (non-hydrogen) atoms. The number of aromatic nitrogens is 2. The van der Waals surface area contributed by atoms with E-state index in [0.29, 0.717) is 42.9 Å². The highest BCUT2D eigenvalue weighted by Gasteiger charge is 2.47. The van der Waals surface area contributed by atoms with Gasteiger partial charge in [0, 0.05) is 41.0 Å². The van der Waals surface area contributed by atoms with Crippen molar-refractivity contribution in [2.75, 3.05) is 18.1 Å². The molecule has 1 amide bonds. The molecule has 0 unspecified atom stereocenters. The lowest BCUT2D eigenvalue weighted by Gasteiger charge is -2.30. The van der Waals surface area contributed by atoms with Gasteiger partial charge in [0.15, 0.2) is 0 Å². The minimum atomic E-state index is -0.944. The molecular weight excluding hydrogens is 526 g/mol. The quantitative estimate of drug-likeness (QED) is 0.236. The molecule has 0 spiro atoms. The molecule has 2 atom stereocenters. The Balaban J connectivity index is 1.16. The van der Waals surface area contributed by atoms with E-state index < -0.39 is 5.97 Å². The second kappa shape index (κ2) is 10.8. The normalized spacial score (nSPS) is 17.2. The Labute approximate surface area is 238 Å². The lowest BCUT2D eigenvalue weighted by Crippen LogP contribution is -2.36. The third-order valence-electron chi connectivity index (χ3n) is 7.86. The zero-order valence-electron chi connectivity index (χ0n) is 22.2. The number of carboxylic acids is 1. The Kier molecular flexibility index (Phi) is 7.07. The van der Waals surface area contributed by atoms with Gasteiger partial charge in [-0.25, -0.2) is 4.79 Å². The molecule has 1 N–H and O–H groups in total. The number of ether oxygens (including phenoxy) is 1. The van der Waals surface area contributed by atoms with Crippen LogP contribution in [0, 0.1) is 12.8 Å². The van der Waals surface area contributed by atoms with Gasteiger partial charge in [0.05, 0.1) is 24.9 Å². The van der Waals surface area contributed by atoms with Gasteiger partial charge in [-0.2, -0.15) is 5.10 Å². The summed E-state index contributed by atoms with van der Waals surface area (Å²) in [5.41, 5.74) is 6.37. The van der Waals surface area contributed by atoms with Crippen LogP contribution in [0.4, 0.5) is 5.69 Å². The van der Waals surface area contributed by atoms with Gasteiger partial charge in [-0.15, -0.1) is 0 Å². The van der Waals surface area contributed by atoms with Crippen LogP contribution in [-0.2, 0) is 11.3 Å². The summed E-state index contributed by atoms with van der Waals surface area (Å²) in [6, 6.07) is 18.7. The lowest BCUT2D eigenvalue weighted by molar-refractivity contribution is -0.119. The van der Waals surface area contributed by atoms with E-state index in [1.165, 1.54) is 5.56 Å². The highest BCUT2D eigenvalue weighted by molar-refractivity contribution is 6.31. The first kappa shape index (κ1) is 26.1. The zero-order chi connectivity index (χ0) is 27.8. The predicted octanol–water partition coefficient (Wildman–Crippen LogP) is 6.57. The number of carbonyl (C=O) groups is 2. The average molecular weight is 556 g/mol. The Morgan fingerprint density at radius 3 is 2.80 bits per heavy atom. The third-order valence-corrected chi connectivity index (χ3v) is 8.27. The molecular formula is C32H30ClN3O4. The van der Waals surface area contributed by atoms with Crippen LogP contribution < -0.4 is 9.64 Å². The van der Waals surface area contributed by atoms with Crippen molar-refractivity contribution < 1.29 is 19.4 Å². The van der Waals surface area contributed by atoms with Crippen molar-refractivity contribution in [3.63, 3.8) is 0 Å². The molecule has 204 valence electrons. The largest absolute Gasteiger partial charge is 0.493 e. The Bertz CT molecular complexity index is 1600. The van der Waals surface area contributed by atoms with Gasteiger partial charge < -0.3 is 14.7 Å². The minimum absolute atomic E-state index is 0.115. The number of nitrogens with zero attached hydrogens (tertiary/aromatic N) is 3. The molecule has 2 heterocycles. The first-order chi connectivity index (χ1) is 19.4. The number of rotatable bonds is 9. The summed E-state index contributed by atoms with van der Waals surface area (Å²) in [4.78, 5) is 26.7. The maximum absolute atomic E-state index is 13.4. The molecule has 4 aromatic rings. The number of aromatic carboxylic acids is 1. The summed E-state index contributed by atoms with van der Waals surface area (Å²) in [5, 5.41) is 14.5. The first-order valence-corrected chi connectivity index (χ1v) is 13.9. The van der Waals surface area contributed by atoms with E-state index in [0.717, 1.165) is 46.7 Å². The number of fused-ring (bicyclic) bond motifs is 3. The van der Waals surface area contributed by atoms with Gasteiger partial charge in [0.25, 0.3) is 0 Å². The Morgan fingerprint density at radius 2 is 1.95 bits per heavy atom. The molecule has 1 saturated carbocycles. The summed E-state index contributed by atoms with van der Waals surface area (Å²) in [5.74, 6) is 0.866. The van der Waals surface area contributed by atoms with Crippen molar-refractivity contribution in [1.29, 1.82) is 0 Å². The lowest BCUT2D eigenvalue weighted by atomic mass is 9.92. The zero-order valence-corrected chi connectivity index (χ0v) is 23.0. The van der Waals surface area contributed by atoms with Crippen LogP contribution in [0.3, 0.4) is 0 Å². The van der Waals surface area contributed by atoms with Crippen molar-refractivity contribution in [1.82, 2.24) is 9.78 Å². The van der Waals surface area contributed by atoms with Gasteiger partial charge in [0.2, 0.25) is 5.91 Å². The van der Waals surface area contributed by atoms with Crippen LogP contribution in [0.2, 0.25) is 5.02 Å². The molecule has 3 aromatic carbocycles. The molecule has 1 aromatic heterocycles. The summed E-state index contributed by atoms with van der Waals surface area (Å²) >= 11 is 6.19. The number of carboxylic acid groups (broad SMARTS) is 1. The third kappa shape index (κ3) is 5.21. The van der Waals surface area contributed by atoms with Crippen molar-refractivity contribution in [2.24, 2.45) is 5.92 Å². The van der Waals surface area contributed by atoms with Gasteiger partial charge in [-0.05, 0) is 78.6 Å². The maximum atomic E-state index is 13.4. The highest BCUT2D eigenvalue weighted by Crippen LogP contribution is 2.57. The van der Waals surface area contributed by atoms with Crippen LogP contribution in [0.5, 0.6) is 5.75 Å². The smallest absolute Gasteiger partial charge is 0.335 e. The van der Waals surface area contributed by atoms with Crippen LogP contribution >= 0.6 is 11.6 Å². The minimum Gasteiger partial charge on any atom is -0.493 e. The summed E-state index contributed by atoms with van der Waals surface area (Å²) in [6.45, 7) is 3.61. The number of anilines is 1. The molecule has 2 aliphatic rings. The molecule has 0 bridgehead atoms. The van der Waals surface area contributed by atoms with Gasteiger partial charge in [-0.3, -0.25) is 9.48 Å². The van der Waals surface area contributed by atoms with E-state index in [1.807, 2.05) is 59.2 Å². The second-order valence-corrected chi connectivity index (χ2v) is 11.0. The standard InChI is InChI=1S/C32H30ClN3O4/c1-20-27(33)9-4-11-29(20)40-13-5-12-30(37)36-19-23-15-26(23)31-25(8-3-10-28(31)36)24-16-34-35(18-24)17-21-6-2-7-22(14-21)32(38)39/h2-4,6-11,14,16,18,23,26H,5,12-13,15,17,19H2,1H3,(H,38,39)/t23-,26-/m1/s1. The molecule has 6 rings (SSSR count). The van der Waals surface area contributed by atoms with Crippen molar-refractivity contribution in [2.45, 2.75) is 38.6 Å². The summed E-state index contributed by atoms with van der Waals surface area (Å²) < 4.78 is 7.73. The van der Waals surface area contributed by atoms with E-state index in [4.69, 9.17) is 16.3 Å². The molecule has 1 aliphatic carbocycles. The first-order valence-electron chi connectivity index (χ1n) is 13.6. The van der Waals surface area contributed by atoms with E-state index in [-0.39, 0.29) is 11.5 Å². The number of halogens is 1. The molecule has 0 radical (unpaired) electrons. The van der Waals surface area contributed by atoms with Crippen LogP contribution in [0.25, 0.3) is 11.1 Å². The fourth-order valence-corrected chi connectivity index (χ4v) is 5.83. The maximum Gasteiger partial charge on any atom is 0.335 e. The van der Waals surface area contributed by atoms with Crippen molar-refractivity contribution in [3.8, 4) is 16.9 Å². The van der Waals surface area contributed by atoms with Gasteiger partial charge in [-0.1, -0.05) is 41.9 Å². The molecule has 1 aliphatic heterocycles. The number of benzene rings is 3. The summed E-state index contributed by atoms with van der Waals surface area (Å²) in [6.07, 6.45) is 5.97. The van der Waals surface area contributed by atoms with Crippen molar-refractivity contribution in [3.05, 3.63) is 100 Å². The molecule has 0 saturated heterocycles. The molecule has 8 heteroatoms. The van der Waals surface area contributed by atoms with Crippen LogP contribution in [0.1, 0.15) is 52.2 Å². The fraction of sp³-hybridized carbons (Fsp3) is 0.281. The van der Waals surface area contributed by atoms with Crippen LogP contribution in [-0.4, -0.2) is 39.9 Å². The molecule has 7 nitrogen and oxygen atoms in total. The van der Waals surface area contributed by atoms with E-state index in [2.05, 4.69) is 17.2 Å². The number of hydrogen-bond acceptors (Lipinski definition) is 4. The topological polar surface area (TPSA) is 84.7 Å². The highest BCUT2D eigenvalue weighted by atomic mass is 35.5. The Morgan fingerprint density at radius 1 is 1.12 bits per heavy atom. The van der Waals surface area contributed by atoms with Gasteiger partial charge >= 0.3 is 5.97 Å². The SMILES string of the molecule is Cc1c(Cl)cccc1OCCCC(=O)N1C[C@H]2C[C@H]2c2c(-c3cnn(Cc4cccc(C(=O)O)c4)c3)cccc21. The monoisotopic (exact) mass is 555 g/mol. The van der Waals surface area contributed by atoms with E-state index in [9.17, 15) is 14.7 Å². The predicted molar refractivity (Wildman–Crippen MR) is 154 cm³/mol. The number of hydrogen-bond donors (Lipinski definition) is 1.